The highest BCUT2D eigenvalue weighted by molar-refractivity contribution is 6.12. The van der Waals surface area contributed by atoms with E-state index in [1.54, 1.807) is 13.8 Å². The van der Waals surface area contributed by atoms with Crippen LogP contribution in [0, 0.1) is 11.8 Å². The summed E-state index contributed by atoms with van der Waals surface area (Å²) in [4.78, 5) is 39.2. The van der Waals surface area contributed by atoms with Crippen LogP contribution in [0.1, 0.15) is 52.5 Å². The lowest BCUT2D eigenvalue weighted by Crippen LogP contribution is -2.43. The summed E-state index contributed by atoms with van der Waals surface area (Å²) in [7, 11) is 1.28. The molecule has 0 spiro atoms. The van der Waals surface area contributed by atoms with Crippen LogP contribution in [-0.4, -0.2) is 37.5 Å². The van der Waals surface area contributed by atoms with Crippen LogP contribution >= 0.6 is 0 Å². The fourth-order valence-electron chi connectivity index (χ4n) is 4.55. The Bertz CT molecular complexity index is 990. The van der Waals surface area contributed by atoms with Crippen molar-refractivity contribution in [1.29, 1.82) is 0 Å². The van der Waals surface area contributed by atoms with Gasteiger partial charge in [-0.1, -0.05) is 25.1 Å². The number of esters is 2. The van der Waals surface area contributed by atoms with E-state index in [1.807, 2.05) is 45.0 Å². The average Bonchev–Trinajstić information content (AvgIpc) is 2.72. The highest BCUT2D eigenvalue weighted by Gasteiger charge is 2.47. The van der Waals surface area contributed by atoms with Crippen LogP contribution in [0.25, 0.3) is 0 Å². The summed E-state index contributed by atoms with van der Waals surface area (Å²) >= 11 is 0. The van der Waals surface area contributed by atoms with E-state index >= 15 is 0 Å². The number of nitrogens with one attached hydrogen (secondary N) is 1. The number of hydrogen-bond acceptors (Lipinski definition) is 7. The normalized spacial score (nSPS) is 23.0. The number of dihydropyridines is 1. The van der Waals surface area contributed by atoms with Gasteiger partial charge in [0.2, 0.25) is 0 Å². The molecule has 0 saturated heterocycles. The van der Waals surface area contributed by atoms with Gasteiger partial charge in [0.25, 0.3) is 0 Å². The lowest BCUT2D eigenvalue weighted by Gasteiger charge is -2.38. The third-order valence-electron chi connectivity index (χ3n) is 5.83. The van der Waals surface area contributed by atoms with Crippen LogP contribution in [0.15, 0.2) is 46.8 Å². The highest BCUT2D eigenvalue weighted by atomic mass is 16.5. The monoisotopic (exact) mass is 441 g/mol. The van der Waals surface area contributed by atoms with Crippen LogP contribution in [0.5, 0.6) is 5.75 Å². The molecule has 1 N–H and O–H groups in total. The number of Topliss-reactive ketones (excluding diaryl/α,β-unsaturated/α-hetero) is 1. The molecule has 1 aromatic carbocycles. The molecule has 32 heavy (non-hydrogen) atoms. The lowest BCUT2D eigenvalue weighted by atomic mass is 9.69. The summed E-state index contributed by atoms with van der Waals surface area (Å²) in [5.74, 6) is -2.71. The van der Waals surface area contributed by atoms with Crippen molar-refractivity contribution < 1.29 is 28.6 Å². The lowest BCUT2D eigenvalue weighted by molar-refractivity contribution is -0.151. The van der Waals surface area contributed by atoms with E-state index in [0.717, 1.165) is 5.70 Å². The van der Waals surface area contributed by atoms with E-state index in [4.69, 9.17) is 14.2 Å². The molecule has 0 unspecified atom stereocenters. The molecule has 0 aromatic heterocycles. The number of hydrogen-bond donors (Lipinski definition) is 1. The quantitative estimate of drug-likeness (QED) is 0.532. The Balaban J connectivity index is 2.24. The Morgan fingerprint density at radius 3 is 2.53 bits per heavy atom. The fraction of sp³-hybridized carbons (Fsp3) is 0.480. The van der Waals surface area contributed by atoms with E-state index < -0.39 is 23.8 Å². The predicted molar refractivity (Wildman–Crippen MR) is 119 cm³/mol. The molecule has 7 nitrogen and oxygen atoms in total. The minimum atomic E-state index is -0.928. The number of para-hydroxylation sites is 1. The second kappa shape index (κ2) is 9.59. The molecule has 7 heteroatoms. The summed E-state index contributed by atoms with van der Waals surface area (Å²) in [6.45, 7) is 9.43. The minimum Gasteiger partial charge on any atom is -0.491 e. The molecule has 3 atom stereocenters. The van der Waals surface area contributed by atoms with E-state index in [1.165, 1.54) is 7.11 Å². The van der Waals surface area contributed by atoms with Crippen LogP contribution in [0.3, 0.4) is 0 Å². The first-order chi connectivity index (χ1) is 15.2. The Labute approximate surface area is 188 Å². The van der Waals surface area contributed by atoms with Gasteiger partial charge in [0, 0.05) is 22.5 Å². The van der Waals surface area contributed by atoms with Crippen molar-refractivity contribution >= 4 is 17.7 Å². The van der Waals surface area contributed by atoms with Gasteiger partial charge in [-0.2, -0.15) is 0 Å². The van der Waals surface area contributed by atoms with Gasteiger partial charge in [0.05, 0.1) is 31.3 Å². The van der Waals surface area contributed by atoms with Crippen LogP contribution in [0.2, 0.25) is 0 Å². The molecular formula is C25H31NO6. The third-order valence-corrected chi connectivity index (χ3v) is 5.83. The average molecular weight is 442 g/mol. The number of allylic oxidation sites excluding steroid dienone is 3. The molecule has 2 aliphatic rings. The van der Waals surface area contributed by atoms with Crippen molar-refractivity contribution in [2.75, 3.05) is 13.7 Å². The minimum absolute atomic E-state index is 0.104. The van der Waals surface area contributed by atoms with E-state index in [2.05, 4.69) is 5.32 Å². The van der Waals surface area contributed by atoms with E-state index in [0.29, 0.717) is 34.6 Å². The molecule has 0 bridgehead atoms. The van der Waals surface area contributed by atoms with Crippen molar-refractivity contribution in [2.45, 2.75) is 53.1 Å². The predicted octanol–water partition coefficient (Wildman–Crippen LogP) is 3.65. The van der Waals surface area contributed by atoms with Gasteiger partial charge in [-0.25, -0.2) is 4.79 Å². The summed E-state index contributed by atoms with van der Waals surface area (Å²) in [6, 6.07) is 7.36. The molecule has 172 valence electrons. The second-order valence-corrected chi connectivity index (χ2v) is 8.46. The number of benzene rings is 1. The van der Waals surface area contributed by atoms with Crippen LogP contribution in [-0.2, 0) is 23.9 Å². The third kappa shape index (κ3) is 4.29. The summed E-state index contributed by atoms with van der Waals surface area (Å²) < 4.78 is 16.3. The largest absolute Gasteiger partial charge is 0.491 e. The SMILES string of the molecule is CCOC(=O)C1=C(C)NC2=C(C(=O)[C@H](C(=O)OC)[C@@H](C)C2)[C@H]1c1ccccc1OC(C)C. The molecular weight excluding hydrogens is 410 g/mol. The van der Waals surface area contributed by atoms with Crippen LogP contribution < -0.4 is 10.1 Å². The summed E-state index contributed by atoms with van der Waals surface area (Å²) in [5.41, 5.74) is 2.77. The zero-order valence-electron chi connectivity index (χ0n) is 19.5. The van der Waals surface area contributed by atoms with Gasteiger partial charge in [-0.15, -0.1) is 0 Å². The molecule has 0 fully saturated rings. The first kappa shape index (κ1) is 23.6. The number of ketones is 1. The van der Waals surface area contributed by atoms with E-state index in [9.17, 15) is 14.4 Å². The Hall–Kier alpha value is -3.09. The maximum absolute atomic E-state index is 13.7. The highest BCUT2D eigenvalue weighted by Crippen LogP contribution is 2.47. The fourth-order valence-corrected chi connectivity index (χ4v) is 4.55. The zero-order chi connectivity index (χ0) is 23.6. The molecule has 1 heterocycles. The summed E-state index contributed by atoms with van der Waals surface area (Å²) in [5, 5.41) is 3.25. The molecule has 0 amide bonds. The van der Waals surface area contributed by atoms with Gasteiger partial charge in [0.15, 0.2) is 5.78 Å². The van der Waals surface area contributed by atoms with Gasteiger partial charge >= 0.3 is 11.9 Å². The number of carbonyl (C=O) groups is 3. The maximum atomic E-state index is 13.7. The molecule has 0 saturated carbocycles. The number of rotatable bonds is 6. The Kier molecular flexibility index (Phi) is 7.06. The number of methoxy groups -OCH3 is 1. The number of carbonyl (C=O) groups excluding carboxylic acids is 3. The van der Waals surface area contributed by atoms with E-state index in [-0.39, 0.29) is 24.4 Å². The Morgan fingerprint density at radius 1 is 1.22 bits per heavy atom. The number of ether oxygens (including phenoxy) is 3. The van der Waals surface area contributed by atoms with Crippen molar-refractivity contribution in [3.8, 4) is 5.75 Å². The van der Waals surface area contributed by atoms with Gasteiger partial charge in [-0.3, -0.25) is 9.59 Å². The first-order valence-corrected chi connectivity index (χ1v) is 11.0. The maximum Gasteiger partial charge on any atom is 0.336 e. The topological polar surface area (TPSA) is 90.9 Å². The van der Waals surface area contributed by atoms with Crippen molar-refractivity contribution in [1.82, 2.24) is 5.32 Å². The van der Waals surface area contributed by atoms with Crippen molar-refractivity contribution in [3.63, 3.8) is 0 Å². The standard InChI is InChI=1S/C25H31NO6/c1-7-31-25(29)20-15(5)26-17-12-14(4)19(24(28)30-6)23(27)22(17)21(20)16-10-8-9-11-18(16)32-13(2)3/h8-11,13-14,19,21,26H,7,12H2,1-6H3/t14-,19+,21-/m0/s1. The van der Waals surface area contributed by atoms with Gasteiger partial charge < -0.3 is 19.5 Å². The van der Waals surface area contributed by atoms with Crippen molar-refractivity contribution in [2.24, 2.45) is 11.8 Å². The smallest absolute Gasteiger partial charge is 0.336 e. The molecule has 1 aromatic rings. The second-order valence-electron chi connectivity index (χ2n) is 8.46. The van der Waals surface area contributed by atoms with Crippen LogP contribution in [0.4, 0.5) is 0 Å². The first-order valence-electron chi connectivity index (χ1n) is 11.0. The molecule has 1 aliphatic heterocycles. The van der Waals surface area contributed by atoms with Gasteiger partial charge in [-0.05, 0) is 46.1 Å². The summed E-state index contributed by atoms with van der Waals surface area (Å²) in [6.07, 6.45) is 0.380. The van der Waals surface area contributed by atoms with Crippen molar-refractivity contribution in [3.05, 3.63) is 52.4 Å². The molecule has 0 radical (unpaired) electrons. The molecule has 3 rings (SSSR count). The molecule has 1 aliphatic carbocycles. The Morgan fingerprint density at radius 2 is 1.91 bits per heavy atom. The van der Waals surface area contributed by atoms with Gasteiger partial charge in [0.1, 0.15) is 11.7 Å². The zero-order valence-corrected chi connectivity index (χ0v) is 19.5.